The highest BCUT2D eigenvalue weighted by Crippen LogP contribution is 2.31. The maximum Gasteiger partial charge on any atom is 0.282 e. The first kappa shape index (κ1) is 17.5. The molecule has 8 heteroatoms. The summed E-state index contributed by atoms with van der Waals surface area (Å²) in [4.78, 5) is 0. The highest BCUT2D eigenvalue weighted by atomic mass is 32.2. The van der Waals surface area contributed by atoms with Crippen molar-refractivity contribution in [2.75, 3.05) is 33.3 Å². The van der Waals surface area contributed by atoms with Gasteiger partial charge < -0.3 is 14.2 Å². The predicted octanol–water partition coefficient (Wildman–Crippen LogP) is 1.11. The lowest BCUT2D eigenvalue weighted by Gasteiger charge is -2.37. The Balaban J connectivity index is 1.65. The van der Waals surface area contributed by atoms with Gasteiger partial charge in [-0.3, -0.25) is 0 Å². The van der Waals surface area contributed by atoms with Crippen LogP contribution in [0.5, 0.6) is 11.5 Å². The molecule has 2 aliphatic rings. The molecule has 0 aliphatic carbocycles. The van der Waals surface area contributed by atoms with Crippen LogP contribution in [0.1, 0.15) is 13.8 Å². The van der Waals surface area contributed by atoms with Crippen molar-refractivity contribution >= 4 is 10.2 Å². The lowest BCUT2D eigenvalue weighted by Crippen LogP contribution is -2.54. The third kappa shape index (κ3) is 3.66. The molecule has 24 heavy (non-hydrogen) atoms. The van der Waals surface area contributed by atoms with Gasteiger partial charge in [-0.25, -0.2) is 0 Å². The fourth-order valence-electron chi connectivity index (χ4n) is 3.05. The zero-order valence-electron chi connectivity index (χ0n) is 14.2. The third-order valence-corrected chi connectivity index (χ3v) is 6.02. The van der Waals surface area contributed by atoms with Crippen LogP contribution in [0, 0.1) is 0 Å². The first-order valence-electron chi connectivity index (χ1n) is 8.11. The van der Waals surface area contributed by atoms with Gasteiger partial charge in [-0.1, -0.05) is 12.1 Å². The lowest BCUT2D eigenvalue weighted by atomic mass is 10.2. The van der Waals surface area contributed by atoms with E-state index in [1.54, 1.807) is 7.05 Å². The maximum atomic E-state index is 12.8. The Morgan fingerprint density at radius 1 is 1.17 bits per heavy atom. The Labute approximate surface area is 143 Å². The van der Waals surface area contributed by atoms with Crippen LogP contribution >= 0.6 is 0 Å². The monoisotopic (exact) mass is 356 g/mol. The van der Waals surface area contributed by atoms with Crippen LogP contribution in [0.15, 0.2) is 24.3 Å². The second-order valence-electron chi connectivity index (χ2n) is 6.36. The second kappa shape index (κ2) is 6.87. The van der Waals surface area contributed by atoms with Crippen molar-refractivity contribution in [1.29, 1.82) is 0 Å². The number of morpholine rings is 1. The van der Waals surface area contributed by atoms with Gasteiger partial charge in [-0.15, -0.1) is 0 Å². The summed E-state index contributed by atoms with van der Waals surface area (Å²) < 4.78 is 45.5. The van der Waals surface area contributed by atoms with E-state index in [0.29, 0.717) is 31.2 Å². The van der Waals surface area contributed by atoms with E-state index in [1.807, 2.05) is 38.1 Å². The fourth-order valence-corrected chi connectivity index (χ4v) is 4.60. The zero-order chi connectivity index (χ0) is 17.3. The summed E-state index contributed by atoms with van der Waals surface area (Å²) in [6.07, 6.45) is -0.563. The summed E-state index contributed by atoms with van der Waals surface area (Å²) in [7, 11) is -1.98. The number of nitrogens with zero attached hydrogens (tertiary/aromatic N) is 2. The number of benzene rings is 1. The van der Waals surface area contributed by atoms with Gasteiger partial charge in [0.1, 0.15) is 12.7 Å². The Morgan fingerprint density at radius 2 is 1.79 bits per heavy atom. The molecule has 134 valence electrons. The Kier molecular flexibility index (Phi) is 5.00. The second-order valence-corrected chi connectivity index (χ2v) is 8.40. The Hall–Kier alpha value is -1.35. The molecule has 2 aliphatic heterocycles. The van der Waals surface area contributed by atoms with Gasteiger partial charge in [0, 0.05) is 20.1 Å². The van der Waals surface area contributed by atoms with E-state index in [2.05, 4.69) is 0 Å². The molecule has 1 aromatic rings. The number of hydrogen-bond donors (Lipinski definition) is 0. The van der Waals surface area contributed by atoms with Gasteiger partial charge in [0.2, 0.25) is 0 Å². The number of hydrogen-bond acceptors (Lipinski definition) is 5. The molecule has 0 N–H and O–H groups in total. The number of para-hydroxylation sites is 2. The molecule has 7 nitrogen and oxygen atoms in total. The molecule has 1 aromatic carbocycles. The number of fused-ring (bicyclic) bond motifs is 1. The third-order valence-electron chi connectivity index (χ3n) is 4.13. The number of ether oxygens (including phenoxy) is 3. The van der Waals surface area contributed by atoms with Crippen LogP contribution in [0.2, 0.25) is 0 Å². The van der Waals surface area contributed by atoms with Crippen molar-refractivity contribution in [2.24, 2.45) is 0 Å². The van der Waals surface area contributed by atoms with E-state index in [4.69, 9.17) is 14.2 Å². The van der Waals surface area contributed by atoms with Crippen LogP contribution in [0.25, 0.3) is 0 Å². The van der Waals surface area contributed by atoms with Crippen molar-refractivity contribution < 1.29 is 22.6 Å². The molecular formula is C16H24N2O5S. The first-order valence-corrected chi connectivity index (χ1v) is 9.51. The molecule has 0 saturated carbocycles. The summed E-state index contributed by atoms with van der Waals surface area (Å²) in [5, 5.41) is 0. The van der Waals surface area contributed by atoms with E-state index < -0.39 is 10.2 Å². The molecule has 0 amide bonds. The van der Waals surface area contributed by atoms with Crippen molar-refractivity contribution in [1.82, 2.24) is 8.61 Å². The van der Waals surface area contributed by atoms with Crippen LogP contribution in [0.4, 0.5) is 0 Å². The zero-order valence-corrected chi connectivity index (χ0v) is 15.0. The summed E-state index contributed by atoms with van der Waals surface area (Å²) >= 11 is 0. The van der Waals surface area contributed by atoms with Crippen molar-refractivity contribution in [2.45, 2.75) is 32.2 Å². The smallest absolute Gasteiger partial charge is 0.282 e. The van der Waals surface area contributed by atoms with E-state index >= 15 is 0 Å². The van der Waals surface area contributed by atoms with Crippen LogP contribution < -0.4 is 9.47 Å². The van der Waals surface area contributed by atoms with Crippen molar-refractivity contribution in [3.8, 4) is 11.5 Å². The molecule has 0 aromatic heterocycles. The van der Waals surface area contributed by atoms with Crippen LogP contribution in [-0.2, 0) is 14.9 Å². The quantitative estimate of drug-likeness (QED) is 0.808. The van der Waals surface area contributed by atoms with Gasteiger partial charge in [-0.2, -0.15) is 17.0 Å². The largest absolute Gasteiger partial charge is 0.486 e. The molecule has 3 atom stereocenters. The summed E-state index contributed by atoms with van der Waals surface area (Å²) in [5.74, 6) is 1.34. The molecule has 1 fully saturated rings. The summed E-state index contributed by atoms with van der Waals surface area (Å²) in [6.45, 7) is 5.05. The fraction of sp³-hybridized carbons (Fsp3) is 0.625. The average molecular weight is 356 g/mol. The van der Waals surface area contributed by atoms with E-state index in [9.17, 15) is 8.42 Å². The standard InChI is InChI=1S/C16H24N2O5S/c1-12-8-18(9-13(2)22-12)24(19,20)17(3)10-14-11-21-15-6-4-5-7-16(15)23-14/h4-7,12-14H,8-11H2,1-3H3. The highest BCUT2D eigenvalue weighted by Gasteiger charge is 2.35. The van der Waals surface area contributed by atoms with E-state index in [-0.39, 0.29) is 24.9 Å². The minimum atomic E-state index is -3.55. The topological polar surface area (TPSA) is 68.3 Å². The summed E-state index contributed by atoms with van der Waals surface area (Å²) in [6, 6.07) is 7.39. The molecule has 0 spiro atoms. The first-order chi connectivity index (χ1) is 11.4. The average Bonchev–Trinajstić information content (AvgIpc) is 2.53. The molecule has 0 radical (unpaired) electrons. The van der Waals surface area contributed by atoms with Crippen LogP contribution in [-0.4, -0.2) is 68.6 Å². The Morgan fingerprint density at radius 3 is 2.46 bits per heavy atom. The predicted molar refractivity (Wildman–Crippen MR) is 89.5 cm³/mol. The molecule has 3 unspecified atom stereocenters. The molecule has 3 rings (SSSR count). The Bertz CT molecular complexity index is 671. The van der Waals surface area contributed by atoms with Gasteiger partial charge in [0.15, 0.2) is 11.5 Å². The number of rotatable bonds is 4. The molecular weight excluding hydrogens is 332 g/mol. The van der Waals surface area contributed by atoms with Crippen molar-refractivity contribution in [3.63, 3.8) is 0 Å². The SMILES string of the molecule is CC1CN(S(=O)(=O)N(C)CC2COc3ccccc3O2)CC(C)O1. The molecule has 0 bridgehead atoms. The minimum absolute atomic E-state index is 0.113. The number of likely N-dealkylation sites (N-methyl/N-ethyl adjacent to an activating group) is 1. The van der Waals surface area contributed by atoms with E-state index in [0.717, 1.165) is 0 Å². The van der Waals surface area contributed by atoms with Gasteiger partial charge >= 0.3 is 0 Å². The van der Waals surface area contributed by atoms with Crippen molar-refractivity contribution in [3.05, 3.63) is 24.3 Å². The molecule has 2 heterocycles. The highest BCUT2D eigenvalue weighted by molar-refractivity contribution is 7.86. The van der Waals surface area contributed by atoms with Gasteiger partial charge in [0.25, 0.3) is 10.2 Å². The molecule has 1 saturated heterocycles. The maximum absolute atomic E-state index is 12.8. The van der Waals surface area contributed by atoms with Gasteiger partial charge in [0.05, 0.1) is 18.8 Å². The van der Waals surface area contributed by atoms with Crippen LogP contribution in [0.3, 0.4) is 0 Å². The van der Waals surface area contributed by atoms with Gasteiger partial charge in [-0.05, 0) is 26.0 Å². The minimum Gasteiger partial charge on any atom is -0.486 e. The lowest BCUT2D eigenvalue weighted by molar-refractivity contribution is -0.0455. The van der Waals surface area contributed by atoms with E-state index in [1.165, 1.54) is 8.61 Å². The summed E-state index contributed by atoms with van der Waals surface area (Å²) in [5.41, 5.74) is 0. The normalized spacial score (nSPS) is 28.1.